The summed E-state index contributed by atoms with van der Waals surface area (Å²) in [5, 5.41) is 3.27. The van der Waals surface area contributed by atoms with Crippen molar-refractivity contribution < 1.29 is 8.42 Å². The molecule has 3 rings (SSSR count). The molecule has 0 aromatic carbocycles. The monoisotopic (exact) mass is 343 g/mol. The molecular weight excluding hydrogens is 318 g/mol. The number of sulfonamides is 1. The van der Waals surface area contributed by atoms with Crippen LogP contribution in [0.3, 0.4) is 0 Å². The summed E-state index contributed by atoms with van der Waals surface area (Å²) in [7, 11) is -3.05. The Morgan fingerprint density at radius 2 is 2.14 bits per heavy atom. The Hall–Kier alpha value is -0.500. The van der Waals surface area contributed by atoms with Crippen LogP contribution in [0.2, 0.25) is 0 Å². The predicted molar refractivity (Wildman–Crippen MR) is 89.4 cm³/mol. The molecule has 0 amide bonds. The first-order chi connectivity index (χ1) is 10.5. The summed E-state index contributed by atoms with van der Waals surface area (Å²) >= 11 is 1.74. The Balaban J connectivity index is 1.65. The highest BCUT2D eigenvalue weighted by molar-refractivity contribution is 7.88. The predicted octanol–water partition coefficient (Wildman–Crippen LogP) is 2.34. The van der Waals surface area contributed by atoms with Crippen molar-refractivity contribution in [2.75, 3.05) is 32.4 Å². The molecule has 1 aromatic heterocycles. The van der Waals surface area contributed by atoms with E-state index < -0.39 is 10.0 Å². The molecule has 2 aliphatic heterocycles. The van der Waals surface area contributed by atoms with E-state index in [2.05, 4.69) is 9.88 Å². The van der Waals surface area contributed by atoms with Crippen LogP contribution in [-0.4, -0.2) is 55.0 Å². The van der Waals surface area contributed by atoms with Crippen molar-refractivity contribution in [1.29, 1.82) is 0 Å². The molecule has 5 nitrogen and oxygen atoms in total. The Labute approximate surface area is 137 Å². The molecule has 3 heterocycles. The maximum Gasteiger partial charge on any atom is 0.211 e. The van der Waals surface area contributed by atoms with E-state index in [0.717, 1.165) is 25.9 Å². The molecule has 0 aliphatic carbocycles. The van der Waals surface area contributed by atoms with Gasteiger partial charge in [-0.05, 0) is 38.1 Å². The number of thiazole rings is 1. The molecule has 0 N–H and O–H groups in total. The van der Waals surface area contributed by atoms with Gasteiger partial charge in [-0.1, -0.05) is 6.42 Å². The van der Waals surface area contributed by atoms with Gasteiger partial charge in [-0.25, -0.2) is 17.7 Å². The van der Waals surface area contributed by atoms with Crippen LogP contribution in [0.15, 0.2) is 11.6 Å². The number of likely N-dealkylation sites (tertiary alicyclic amines) is 1. The summed E-state index contributed by atoms with van der Waals surface area (Å²) < 4.78 is 25.2. The number of rotatable bonds is 4. The number of nitrogens with zero attached hydrogens (tertiary/aromatic N) is 3. The number of aromatic nitrogens is 1. The maximum absolute atomic E-state index is 11.8. The molecule has 124 valence electrons. The molecule has 22 heavy (non-hydrogen) atoms. The van der Waals surface area contributed by atoms with Gasteiger partial charge < -0.3 is 0 Å². The highest BCUT2D eigenvalue weighted by Crippen LogP contribution is 2.33. The second-order valence-corrected chi connectivity index (χ2v) is 9.41. The van der Waals surface area contributed by atoms with Gasteiger partial charge >= 0.3 is 0 Å². The first-order valence-electron chi connectivity index (χ1n) is 8.12. The first kappa shape index (κ1) is 16.4. The molecule has 2 unspecified atom stereocenters. The number of hydrogen-bond acceptors (Lipinski definition) is 5. The van der Waals surface area contributed by atoms with Crippen LogP contribution in [0.25, 0.3) is 0 Å². The molecular formula is C15H25N3O2S2. The fourth-order valence-electron chi connectivity index (χ4n) is 3.70. The summed E-state index contributed by atoms with van der Waals surface area (Å²) in [6, 6.07) is 0.433. The minimum atomic E-state index is -3.05. The zero-order valence-electron chi connectivity index (χ0n) is 13.1. The average molecular weight is 344 g/mol. The normalized spacial score (nSPS) is 28.8. The third-order valence-electron chi connectivity index (χ3n) is 4.79. The fraction of sp³-hybridized carbons (Fsp3) is 0.800. The van der Waals surface area contributed by atoms with Crippen molar-refractivity contribution in [3.8, 4) is 0 Å². The molecule has 0 bridgehead atoms. The molecule has 0 saturated carbocycles. The van der Waals surface area contributed by atoms with Crippen LogP contribution in [0, 0.1) is 5.92 Å². The second kappa shape index (κ2) is 6.95. The van der Waals surface area contributed by atoms with Crippen molar-refractivity contribution in [3.63, 3.8) is 0 Å². The third kappa shape index (κ3) is 3.88. The zero-order valence-corrected chi connectivity index (χ0v) is 14.8. The molecule has 0 radical (unpaired) electrons. The summed E-state index contributed by atoms with van der Waals surface area (Å²) in [6.07, 6.45) is 9.01. The van der Waals surface area contributed by atoms with Crippen molar-refractivity contribution in [2.24, 2.45) is 5.92 Å². The van der Waals surface area contributed by atoms with Crippen LogP contribution in [0.1, 0.15) is 43.2 Å². The lowest BCUT2D eigenvalue weighted by Crippen LogP contribution is -2.45. The van der Waals surface area contributed by atoms with Crippen LogP contribution >= 0.6 is 11.3 Å². The molecule has 2 fully saturated rings. The van der Waals surface area contributed by atoms with E-state index in [1.807, 2.05) is 11.6 Å². The smallest absolute Gasteiger partial charge is 0.211 e. The van der Waals surface area contributed by atoms with Gasteiger partial charge in [-0.15, -0.1) is 11.3 Å². The summed E-state index contributed by atoms with van der Waals surface area (Å²) in [5.41, 5.74) is 0. The highest BCUT2D eigenvalue weighted by atomic mass is 32.2. The van der Waals surface area contributed by atoms with E-state index >= 15 is 0 Å². The maximum atomic E-state index is 11.8. The van der Waals surface area contributed by atoms with Gasteiger partial charge in [0.1, 0.15) is 5.01 Å². The van der Waals surface area contributed by atoms with Crippen molar-refractivity contribution in [2.45, 2.75) is 38.1 Å². The van der Waals surface area contributed by atoms with Gasteiger partial charge in [-0.3, -0.25) is 4.90 Å². The Kier molecular flexibility index (Phi) is 5.17. The van der Waals surface area contributed by atoms with Crippen LogP contribution in [0.5, 0.6) is 0 Å². The quantitative estimate of drug-likeness (QED) is 0.842. The van der Waals surface area contributed by atoms with Crippen molar-refractivity contribution in [1.82, 2.24) is 14.2 Å². The number of hydrogen-bond donors (Lipinski definition) is 0. The van der Waals surface area contributed by atoms with Gasteiger partial charge in [0, 0.05) is 31.2 Å². The number of piperidine rings is 2. The fourth-order valence-corrected chi connectivity index (χ4v) is 5.45. The summed E-state index contributed by atoms with van der Waals surface area (Å²) in [4.78, 5) is 7.05. The molecule has 0 spiro atoms. The lowest BCUT2D eigenvalue weighted by molar-refractivity contribution is 0.105. The van der Waals surface area contributed by atoms with Gasteiger partial charge in [-0.2, -0.15) is 0 Å². The summed E-state index contributed by atoms with van der Waals surface area (Å²) in [5.74, 6) is 0.448. The SMILES string of the molecule is CS(=O)(=O)N1CCCC(CN2CCCCC2c2nccs2)C1. The van der Waals surface area contributed by atoms with E-state index in [1.165, 1.54) is 30.5 Å². The molecule has 2 saturated heterocycles. The molecule has 1 aromatic rings. The van der Waals surface area contributed by atoms with E-state index in [9.17, 15) is 8.42 Å². The first-order valence-corrected chi connectivity index (χ1v) is 10.9. The van der Waals surface area contributed by atoms with E-state index in [0.29, 0.717) is 25.0 Å². The minimum absolute atomic E-state index is 0.433. The van der Waals surface area contributed by atoms with Gasteiger partial charge in [0.25, 0.3) is 0 Å². The average Bonchev–Trinajstić information content (AvgIpc) is 3.01. The molecule has 2 aliphatic rings. The largest absolute Gasteiger partial charge is 0.294 e. The van der Waals surface area contributed by atoms with Gasteiger partial charge in [0.15, 0.2) is 0 Å². The van der Waals surface area contributed by atoms with Crippen LogP contribution < -0.4 is 0 Å². The van der Waals surface area contributed by atoms with Gasteiger partial charge in [0.2, 0.25) is 10.0 Å². The standard InChI is InChI=1S/C15H25N3O2S2/c1-22(19,20)18-9-4-5-13(12-18)11-17-8-3-2-6-14(17)15-16-7-10-21-15/h7,10,13-14H,2-6,8-9,11-12H2,1H3. The third-order valence-corrected chi connectivity index (χ3v) is 6.94. The Morgan fingerprint density at radius 1 is 1.27 bits per heavy atom. The molecule has 2 atom stereocenters. The van der Waals surface area contributed by atoms with Crippen LogP contribution in [0.4, 0.5) is 0 Å². The summed E-state index contributed by atoms with van der Waals surface area (Å²) in [6.45, 7) is 3.47. The highest BCUT2D eigenvalue weighted by Gasteiger charge is 2.31. The molecule has 7 heteroatoms. The van der Waals surface area contributed by atoms with Crippen LogP contribution in [-0.2, 0) is 10.0 Å². The van der Waals surface area contributed by atoms with E-state index in [1.54, 1.807) is 15.6 Å². The zero-order chi connectivity index (χ0) is 15.6. The van der Waals surface area contributed by atoms with E-state index in [-0.39, 0.29) is 0 Å². The van der Waals surface area contributed by atoms with Crippen molar-refractivity contribution >= 4 is 21.4 Å². The minimum Gasteiger partial charge on any atom is -0.294 e. The van der Waals surface area contributed by atoms with Gasteiger partial charge in [0.05, 0.1) is 12.3 Å². The van der Waals surface area contributed by atoms with Crippen molar-refractivity contribution in [3.05, 3.63) is 16.6 Å². The Bertz CT molecular complexity index is 574. The lowest BCUT2D eigenvalue weighted by Gasteiger charge is -2.39. The lowest BCUT2D eigenvalue weighted by atomic mass is 9.95. The topological polar surface area (TPSA) is 53.5 Å². The second-order valence-electron chi connectivity index (χ2n) is 6.51. The Morgan fingerprint density at radius 3 is 2.86 bits per heavy atom. The van der Waals surface area contributed by atoms with E-state index in [4.69, 9.17) is 0 Å².